The summed E-state index contributed by atoms with van der Waals surface area (Å²) in [6, 6.07) is 24.9. The Morgan fingerprint density at radius 2 is 1.74 bits per heavy atom. The molecule has 0 aliphatic carbocycles. The second-order valence-electron chi connectivity index (χ2n) is 11.1. The predicted octanol–water partition coefficient (Wildman–Crippen LogP) is 5.68. The van der Waals surface area contributed by atoms with Crippen LogP contribution >= 0.6 is 0 Å². The lowest BCUT2D eigenvalue weighted by Gasteiger charge is -2.17. The average Bonchev–Trinajstić information content (AvgIpc) is 3.67. The number of unbranched alkanes of at least 4 members (excludes halogenated alkanes) is 1. The standard InChI is InChI=1S/C33H37N7O2/c1-4-5-11-30-35-21-29(32(41)34-19-18-33(2,3)42)40(30)22-23-12-14-25(15-13-23)28-20-26(24-9-7-6-8-10-24)16-17-27(28)31-36-38-39-37-31/h6-10,12-17,20-21,42H,4-5,11,18-19,22H2,1-3H3,(H,34,41)(H,36,37,38,39). The van der Waals surface area contributed by atoms with Crippen molar-refractivity contribution in [2.24, 2.45) is 0 Å². The minimum atomic E-state index is -0.841. The van der Waals surface area contributed by atoms with Crippen LogP contribution in [0.2, 0.25) is 0 Å². The van der Waals surface area contributed by atoms with Crippen LogP contribution in [-0.4, -0.2) is 53.3 Å². The van der Waals surface area contributed by atoms with E-state index in [0.29, 0.717) is 31.0 Å². The minimum absolute atomic E-state index is 0.186. The number of amides is 1. The molecule has 0 saturated heterocycles. The zero-order valence-corrected chi connectivity index (χ0v) is 24.3. The van der Waals surface area contributed by atoms with Crippen molar-refractivity contribution in [2.45, 2.75) is 58.6 Å². The Kier molecular flexibility index (Phi) is 8.88. The number of aliphatic hydroxyl groups is 1. The summed E-state index contributed by atoms with van der Waals surface area (Å²) in [5, 5.41) is 27.7. The largest absolute Gasteiger partial charge is 0.390 e. The maximum absolute atomic E-state index is 13.1. The molecule has 1 amide bonds. The summed E-state index contributed by atoms with van der Waals surface area (Å²) in [6.45, 7) is 6.52. The van der Waals surface area contributed by atoms with Gasteiger partial charge in [-0.3, -0.25) is 4.79 Å². The monoisotopic (exact) mass is 563 g/mol. The van der Waals surface area contributed by atoms with E-state index < -0.39 is 5.60 Å². The number of carbonyl (C=O) groups excluding carboxylic acids is 1. The zero-order chi connectivity index (χ0) is 29.5. The summed E-state index contributed by atoms with van der Waals surface area (Å²) in [4.78, 5) is 17.7. The molecule has 0 spiro atoms. The van der Waals surface area contributed by atoms with Crippen molar-refractivity contribution < 1.29 is 9.90 Å². The van der Waals surface area contributed by atoms with Crippen LogP contribution in [0.4, 0.5) is 0 Å². The second-order valence-corrected chi connectivity index (χ2v) is 11.1. The van der Waals surface area contributed by atoms with Crippen LogP contribution < -0.4 is 5.32 Å². The molecule has 3 aromatic carbocycles. The van der Waals surface area contributed by atoms with Gasteiger partial charge in [-0.05, 0) is 71.9 Å². The summed E-state index contributed by atoms with van der Waals surface area (Å²) in [5.74, 6) is 1.24. The maximum atomic E-state index is 13.1. The molecule has 2 heterocycles. The van der Waals surface area contributed by atoms with E-state index in [0.717, 1.165) is 58.5 Å². The highest BCUT2D eigenvalue weighted by atomic mass is 16.3. The fourth-order valence-electron chi connectivity index (χ4n) is 4.92. The molecule has 0 unspecified atom stereocenters. The molecule has 42 heavy (non-hydrogen) atoms. The van der Waals surface area contributed by atoms with Crippen molar-refractivity contribution in [2.75, 3.05) is 6.54 Å². The molecule has 0 atom stereocenters. The number of H-pyrrole nitrogens is 1. The quantitative estimate of drug-likeness (QED) is 0.180. The van der Waals surface area contributed by atoms with E-state index in [4.69, 9.17) is 0 Å². The number of nitrogens with zero attached hydrogens (tertiary/aromatic N) is 5. The summed E-state index contributed by atoms with van der Waals surface area (Å²) in [6.07, 6.45) is 4.96. The van der Waals surface area contributed by atoms with Gasteiger partial charge >= 0.3 is 0 Å². The predicted molar refractivity (Wildman–Crippen MR) is 164 cm³/mol. The number of nitrogens with one attached hydrogen (secondary N) is 2. The van der Waals surface area contributed by atoms with Gasteiger partial charge in [-0.15, -0.1) is 10.2 Å². The Labute approximate surface area is 246 Å². The Morgan fingerprint density at radius 3 is 2.43 bits per heavy atom. The van der Waals surface area contributed by atoms with Crippen molar-refractivity contribution >= 4 is 5.91 Å². The van der Waals surface area contributed by atoms with Gasteiger partial charge in [-0.2, -0.15) is 5.21 Å². The highest BCUT2D eigenvalue weighted by Crippen LogP contribution is 2.34. The fourth-order valence-corrected chi connectivity index (χ4v) is 4.92. The second kappa shape index (κ2) is 12.9. The summed E-state index contributed by atoms with van der Waals surface area (Å²) in [5.41, 5.74) is 5.88. The van der Waals surface area contributed by atoms with Crippen molar-refractivity contribution in [3.05, 3.63) is 96.1 Å². The van der Waals surface area contributed by atoms with Gasteiger partial charge in [0.2, 0.25) is 5.82 Å². The normalized spacial score (nSPS) is 11.5. The highest BCUT2D eigenvalue weighted by Gasteiger charge is 2.19. The first-order chi connectivity index (χ1) is 20.3. The number of carbonyl (C=O) groups is 1. The first-order valence-corrected chi connectivity index (χ1v) is 14.4. The number of aromatic amines is 1. The number of imidazole rings is 1. The number of aryl methyl sites for hydroxylation is 1. The van der Waals surface area contributed by atoms with E-state index >= 15 is 0 Å². The Hall–Kier alpha value is -4.63. The molecule has 0 saturated carbocycles. The van der Waals surface area contributed by atoms with Gasteiger partial charge in [-0.1, -0.05) is 74.0 Å². The lowest BCUT2D eigenvalue weighted by atomic mass is 9.93. The van der Waals surface area contributed by atoms with Crippen LogP contribution in [0.1, 0.15) is 61.9 Å². The van der Waals surface area contributed by atoms with E-state index in [9.17, 15) is 9.90 Å². The number of aromatic nitrogens is 6. The van der Waals surface area contributed by atoms with Crippen molar-refractivity contribution in [3.8, 4) is 33.6 Å². The molecule has 0 aliphatic rings. The first-order valence-electron chi connectivity index (χ1n) is 14.4. The number of tetrazole rings is 1. The molecule has 9 nitrogen and oxygen atoms in total. The van der Waals surface area contributed by atoms with E-state index in [1.54, 1.807) is 20.0 Å². The van der Waals surface area contributed by atoms with Crippen LogP contribution in [0.5, 0.6) is 0 Å². The van der Waals surface area contributed by atoms with Gasteiger partial charge in [-0.25, -0.2) is 4.98 Å². The molecule has 0 radical (unpaired) electrons. The van der Waals surface area contributed by atoms with Gasteiger partial charge in [0.05, 0.1) is 11.8 Å². The third kappa shape index (κ3) is 6.98. The molecule has 216 valence electrons. The number of benzene rings is 3. The lowest BCUT2D eigenvalue weighted by molar-refractivity contribution is 0.0691. The van der Waals surface area contributed by atoms with Crippen LogP contribution in [0, 0.1) is 0 Å². The van der Waals surface area contributed by atoms with Crippen molar-refractivity contribution in [1.82, 2.24) is 35.5 Å². The van der Waals surface area contributed by atoms with E-state index in [1.807, 2.05) is 28.8 Å². The Balaban J connectivity index is 1.43. The van der Waals surface area contributed by atoms with Gasteiger partial charge in [0.15, 0.2) is 0 Å². The summed E-state index contributed by atoms with van der Waals surface area (Å²) >= 11 is 0. The molecule has 0 aliphatic heterocycles. The smallest absolute Gasteiger partial charge is 0.269 e. The molecule has 9 heteroatoms. The molecule has 3 N–H and O–H groups in total. The highest BCUT2D eigenvalue weighted by molar-refractivity contribution is 5.92. The SMILES string of the molecule is CCCCc1ncc(C(=O)NCCC(C)(C)O)n1Cc1ccc(-c2cc(-c3ccccc3)ccc2-c2nn[nH]n2)cc1. The number of rotatable bonds is 12. The van der Waals surface area contributed by atoms with E-state index in [1.165, 1.54) is 0 Å². The molecule has 2 aromatic heterocycles. The van der Waals surface area contributed by atoms with Crippen molar-refractivity contribution in [1.29, 1.82) is 0 Å². The van der Waals surface area contributed by atoms with Gasteiger partial charge in [0.25, 0.3) is 5.91 Å². The zero-order valence-electron chi connectivity index (χ0n) is 24.3. The molecule has 5 aromatic rings. The first kappa shape index (κ1) is 28.9. The Morgan fingerprint density at radius 1 is 0.976 bits per heavy atom. The molecular formula is C33H37N7O2. The van der Waals surface area contributed by atoms with Crippen molar-refractivity contribution in [3.63, 3.8) is 0 Å². The number of hydrogen-bond acceptors (Lipinski definition) is 6. The lowest BCUT2D eigenvalue weighted by Crippen LogP contribution is -2.32. The van der Waals surface area contributed by atoms with E-state index in [-0.39, 0.29) is 5.91 Å². The van der Waals surface area contributed by atoms with Gasteiger partial charge in [0, 0.05) is 25.1 Å². The molecule has 5 rings (SSSR count). The number of hydrogen-bond donors (Lipinski definition) is 3. The van der Waals surface area contributed by atoms with Gasteiger partial charge < -0.3 is 15.0 Å². The topological polar surface area (TPSA) is 122 Å². The minimum Gasteiger partial charge on any atom is -0.390 e. The Bertz CT molecular complexity index is 1600. The molecule has 0 bridgehead atoms. The van der Waals surface area contributed by atoms with Gasteiger partial charge in [0.1, 0.15) is 11.5 Å². The molecule has 0 fully saturated rings. The van der Waals surface area contributed by atoms with Crippen LogP contribution in [0.25, 0.3) is 33.6 Å². The van der Waals surface area contributed by atoms with Crippen LogP contribution in [0.3, 0.4) is 0 Å². The van der Waals surface area contributed by atoms with Crippen LogP contribution in [0.15, 0.2) is 79.0 Å². The third-order valence-corrected chi connectivity index (χ3v) is 7.27. The average molecular weight is 564 g/mol. The maximum Gasteiger partial charge on any atom is 0.269 e. The third-order valence-electron chi connectivity index (χ3n) is 7.27. The summed E-state index contributed by atoms with van der Waals surface area (Å²) in [7, 11) is 0. The summed E-state index contributed by atoms with van der Waals surface area (Å²) < 4.78 is 2.00. The van der Waals surface area contributed by atoms with Crippen LogP contribution in [-0.2, 0) is 13.0 Å². The molecular weight excluding hydrogens is 526 g/mol. The van der Waals surface area contributed by atoms with E-state index in [2.05, 4.69) is 86.4 Å². The fraction of sp³-hybridized carbons (Fsp3) is 0.303.